The minimum absolute atomic E-state index is 0.0116. The third kappa shape index (κ3) is 4.96. The third-order valence-corrected chi connectivity index (χ3v) is 9.52. The second-order valence-corrected chi connectivity index (χ2v) is 11.6. The Labute approximate surface area is 235 Å². The zero-order chi connectivity index (χ0) is 28.5. The van der Waals surface area contributed by atoms with Crippen LogP contribution >= 0.6 is 0 Å². The lowest BCUT2D eigenvalue weighted by atomic mass is 9.79. The highest BCUT2D eigenvalue weighted by atomic mass is 16.5. The van der Waals surface area contributed by atoms with Gasteiger partial charge >= 0.3 is 11.9 Å². The van der Waals surface area contributed by atoms with Crippen LogP contribution in [0.3, 0.4) is 0 Å². The van der Waals surface area contributed by atoms with Gasteiger partial charge in [0.05, 0.1) is 11.1 Å². The monoisotopic (exact) mass is 530 g/mol. The van der Waals surface area contributed by atoms with Gasteiger partial charge in [0.25, 0.3) is 0 Å². The standard InChI is InChI=1S/C35H46O4/c1-9-21-15-19-29(25(13-5)23(21)11-3)38-33(36)31-27-17-18-28(35(27,7)8)32(31)34(37)39-30-20-16-22(10-2)24(12-4)26(30)14-6/h15-16,19-20,27-28H,9-14,17-18H2,1-8H3. The van der Waals surface area contributed by atoms with E-state index in [-0.39, 0.29) is 17.3 Å². The molecule has 210 valence electrons. The fraction of sp³-hybridized carbons (Fsp3) is 0.543. The summed E-state index contributed by atoms with van der Waals surface area (Å²) in [5, 5.41) is 0. The maximum atomic E-state index is 13.9. The van der Waals surface area contributed by atoms with Gasteiger partial charge in [0, 0.05) is 0 Å². The van der Waals surface area contributed by atoms with E-state index in [1.54, 1.807) is 0 Å². The molecule has 4 nitrogen and oxygen atoms in total. The number of carbonyl (C=O) groups is 2. The number of fused-ring (bicyclic) bond motifs is 2. The van der Waals surface area contributed by atoms with Crippen LogP contribution in [0.5, 0.6) is 11.5 Å². The molecule has 0 radical (unpaired) electrons. The van der Waals surface area contributed by atoms with E-state index in [9.17, 15) is 9.59 Å². The van der Waals surface area contributed by atoms with E-state index in [2.05, 4.69) is 67.5 Å². The van der Waals surface area contributed by atoms with Crippen molar-refractivity contribution in [3.05, 3.63) is 68.8 Å². The van der Waals surface area contributed by atoms with Crippen LogP contribution in [0, 0.1) is 17.3 Å². The van der Waals surface area contributed by atoms with Gasteiger partial charge in [-0.3, -0.25) is 0 Å². The molecule has 2 aliphatic rings. The van der Waals surface area contributed by atoms with Gasteiger partial charge < -0.3 is 9.47 Å². The van der Waals surface area contributed by atoms with Crippen LogP contribution in [-0.2, 0) is 48.1 Å². The first-order valence-electron chi connectivity index (χ1n) is 15.1. The largest absolute Gasteiger partial charge is 0.423 e. The highest BCUT2D eigenvalue weighted by Gasteiger charge is 2.57. The van der Waals surface area contributed by atoms with Gasteiger partial charge in [0.15, 0.2) is 0 Å². The third-order valence-electron chi connectivity index (χ3n) is 9.52. The lowest BCUT2D eigenvalue weighted by Crippen LogP contribution is -2.24. The second-order valence-electron chi connectivity index (χ2n) is 11.6. The quantitative estimate of drug-likeness (QED) is 0.231. The predicted octanol–water partition coefficient (Wildman–Crippen LogP) is 7.93. The van der Waals surface area contributed by atoms with Crippen molar-refractivity contribution in [1.82, 2.24) is 0 Å². The van der Waals surface area contributed by atoms with Crippen LogP contribution in [0.1, 0.15) is 102 Å². The lowest BCUT2D eigenvalue weighted by molar-refractivity contribution is -0.133. The second kappa shape index (κ2) is 11.7. The van der Waals surface area contributed by atoms with E-state index in [1.807, 2.05) is 12.1 Å². The summed E-state index contributed by atoms with van der Waals surface area (Å²) < 4.78 is 12.3. The summed E-state index contributed by atoms with van der Waals surface area (Å²) in [7, 11) is 0. The molecular weight excluding hydrogens is 484 g/mol. The van der Waals surface area contributed by atoms with E-state index in [0.29, 0.717) is 22.6 Å². The van der Waals surface area contributed by atoms with Crippen LogP contribution < -0.4 is 9.47 Å². The van der Waals surface area contributed by atoms with Gasteiger partial charge in [0.2, 0.25) is 0 Å². The van der Waals surface area contributed by atoms with Gasteiger partial charge in [0.1, 0.15) is 11.5 Å². The Hall–Kier alpha value is -2.88. The summed E-state index contributed by atoms with van der Waals surface area (Å²) in [5.74, 6) is 0.427. The average Bonchev–Trinajstić information content (AvgIpc) is 3.36. The molecule has 2 aliphatic carbocycles. The van der Waals surface area contributed by atoms with Crippen molar-refractivity contribution in [2.45, 2.75) is 107 Å². The average molecular weight is 531 g/mol. The van der Waals surface area contributed by atoms with E-state index < -0.39 is 11.9 Å². The van der Waals surface area contributed by atoms with Gasteiger partial charge in [-0.25, -0.2) is 9.59 Å². The fourth-order valence-electron chi connectivity index (χ4n) is 7.49. The molecule has 0 saturated heterocycles. The summed E-state index contributed by atoms with van der Waals surface area (Å²) in [4.78, 5) is 27.8. The molecule has 2 aromatic rings. The van der Waals surface area contributed by atoms with Crippen LogP contribution in [0.15, 0.2) is 35.4 Å². The van der Waals surface area contributed by atoms with Crippen LogP contribution in [-0.4, -0.2) is 11.9 Å². The van der Waals surface area contributed by atoms with Crippen molar-refractivity contribution in [3.63, 3.8) is 0 Å². The molecule has 1 fully saturated rings. The van der Waals surface area contributed by atoms with E-state index in [0.717, 1.165) is 62.5 Å². The summed E-state index contributed by atoms with van der Waals surface area (Å²) >= 11 is 0. The Bertz CT molecular complexity index is 1200. The molecule has 0 aromatic heterocycles. The number of aryl methyl sites for hydroxylation is 2. The summed E-state index contributed by atoms with van der Waals surface area (Å²) in [5.41, 5.74) is 8.17. The number of ether oxygens (including phenoxy) is 2. The van der Waals surface area contributed by atoms with Crippen LogP contribution in [0.2, 0.25) is 0 Å². The molecule has 39 heavy (non-hydrogen) atoms. The number of hydrogen-bond acceptors (Lipinski definition) is 4. The maximum Gasteiger partial charge on any atom is 0.340 e. The zero-order valence-electron chi connectivity index (χ0n) is 25.3. The van der Waals surface area contributed by atoms with Crippen molar-refractivity contribution < 1.29 is 19.1 Å². The predicted molar refractivity (Wildman–Crippen MR) is 157 cm³/mol. The molecule has 2 unspecified atom stereocenters. The Morgan fingerprint density at radius 1 is 0.615 bits per heavy atom. The fourth-order valence-corrected chi connectivity index (χ4v) is 7.49. The molecule has 0 spiro atoms. The molecule has 2 bridgehead atoms. The summed E-state index contributed by atoms with van der Waals surface area (Å²) in [6.07, 6.45) is 7.04. The zero-order valence-corrected chi connectivity index (χ0v) is 25.3. The minimum Gasteiger partial charge on any atom is -0.423 e. The lowest BCUT2D eigenvalue weighted by Gasteiger charge is -2.25. The van der Waals surface area contributed by atoms with Gasteiger partial charge in [-0.05, 0) is 114 Å². The van der Waals surface area contributed by atoms with Crippen molar-refractivity contribution in [2.75, 3.05) is 0 Å². The SMILES string of the molecule is CCc1ccc(OC(=O)C2=C(C(=O)Oc3ccc(CC)c(CC)c3CC)C3CCC2C3(C)C)c(CC)c1CC. The molecule has 4 rings (SSSR count). The molecule has 1 saturated carbocycles. The summed E-state index contributed by atoms with van der Waals surface area (Å²) in [6.45, 7) is 17.2. The van der Waals surface area contributed by atoms with Crippen molar-refractivity contribution in [3.8, 4) is 11.5 Å². The first-order valence-corrected chi connectivity index (χ1v) is 15.1. The van der Waals surface area contributed by atoms with Crippen LogP contribution in [0.4, 0.5) is 0 Å². The first-order chi connectivity index (χ1) is 18.7. The topological polar surface area (TPSA) is 52.6 Å². The molecule has 0 amide bonds. The smallest absolute Gasteiger partial charge is 0.340 e. The number of hydrogen-bond donors (Lipinski definition) is 0. The maximum absolute atomic E-state index is 13.9. The van der Waals surface area contributed by atoms with Gasteiger partial charge in [-0.1, -0.05) is 67.5 Å². The molecule has 0 N–H and O–H groups in total. The van der Waals surface area contributed by atoms with E-state index >= 15 is 0 Å². The number of rotatable bonds is 10. The Morgan fingerprint density at radius 3 is 1.28 bits per heavy atom. The first kappa shape index (κ1) is 29.1. The number of carbonyl (C=O) groups excluding carboxylic acids is 2. The van der Waals surface area contributed by atoms with E-state index in [4.69, 9.17) is 9.47 Å². The van der Waals surface area contributed by atoms with Crippen LogP contribution in [0.25, 0.3) is 0 Å². The van der Waals surface area contributed by atoms with Crippen molar-refractivity contribution >= 4 is 11.9 Å². The number of esters is 2. The van der Waals surface area contributed by atoms with Crippen molar-refractivity contribution in [2.24, 2.45) is 17.3 Å². The highest BCUT2D eigenvalue weighted by molar-refractivity contribution is 6.04. The van der Waals surface area contributed by atoms with Gasteiger partial charge in [-0.2, -0.15) is 0 Å². The Morgan fingerprint density at radius 2 is 0.974 bits per heavy atom. The molecule has 2 aromatic carbocycles. The van der Waals surface area contributed by atoms with Gasteiger partial charge in [-0.15, -0.1) is 0 Å². The number of benzene rings is 2. The Kier molecular flexibility index (Phi) is 8.73. The highest BCUT2D eigenvalue weighted by Crippen LogP contribution is 2.60. The normalized spacial score (nSPS) is 19.5. The molecule has 0 heterocycles. The summed E-state index contributed by atoms with van der Waals surface area (Å²) in [6, 6.07) is 8.01. The molecule has 4 heteroatoms. The molecule has 2 atom stereocenters. The minimum atomic E-state index is -0.394. The molecular formula is C35H46O4. The molecule has 0 aliphatic heterocycles. The Balaban J connectivity index is 1.74. The van der Waals surface area contributed by atoms with Crippen molar-refractivity contribution in [1.29, 1.82) is 0 Å². The van der Waals surface area contributed by atoms with E-state index in [1.165, 1.54) is 22.3 Å².